The molecular formula is C19H18INO2. The van der Waals surface area contributed by atoms with E-state index < -0.39 is 0 Å². The van der Waals surface area contributed by atoms with Gasteiger partial charge in [0.05, 0.1) is 12.0 Å². The second kappa shape index (κ2) is 6.35. The van der Waals surface area contributed by atoms with E-state index in [1.165, 1.54) is 3.57 Å². The van der Waals surface area contributed by atoms with E-state index in [9.17, 15) is 4.79 Å². The molecule has 3 nitrogen and oxygen atoms in total. The van der Waals surface area contributed by atoms with Gasteiger partial charge in [-0.25, -0.2) is 0 Å². The predicted octanol–water partition coefficient (Wildman–Crippen LogP) is 4.61. The molecule has 0 saturated heterocycles. The van der Waals surface area contributed by atoms with Crippen LogP contribution < -0.4 is 10.2 Å². The van der Waals surface area contributed by atoms with Crippen molar-refractivity contribution in [3.8, 4) is 11.4 Å². The van der Waals surface area contributed by atoms with Crippen molar-refractivity contribution in [1.82, 2.24) is 4.57 Å². The first kappa shape index (κ1) is 16.1. The molecule has 0 atom stereocenters. The topological polar surface area (TPSA) is 31.2 Å². The van der Waals surface area contributed by atoms with Crippen molar-refractivity contribution >= 4 is 33.4 Å². The maximum Gasteiger partial charge on any atom is 0.188 e. The van der Waals surface area contributed by atoms with Crippen LogP contribution in [-0.4, -0.2) is 11.2 Å². The van der Waals surface area contributed by atoms with Crippen LogP contribution in [0.3, 0.4) is 0 Å². The standard InChI is InChI=1S/C19H18INO2/c1-4-23-17-7-5-6-16(22)18-12(2)21(13(3)19(17)18)15-10-8-14(20)9-11-15/h5-11H,4H2,1-3H3. The zero-order valence-electron chi connectivity index (χ0n) is 13.4. The average molecular weight is 419 g/mol. The van der Waals surface area contributed by atoms with Gasteiger partial charge in [0.2, 0.25) is 0 Å². The molecule has 3 aromatic rings. The predicted molar refractivity (Wildman–Crippen MR) is 103 cm³/mol. The van der Waals surface area contributed by atoms with Crippen LogP contribution >= 0.6 is 22.6 Å². The van der Waals surface area contributed by atoms with Crippen molar-refractivity contribution in [3.63, 3.8) is 0 Å². The lowest BCUT2D eigenvalue weighted by Gasteiger charge is -2.10. The molecule has 23 heavy (non-hydrogen) atoms. The number of ether oxygens (including phenoxy) is 1. The maximum absolute atomic E-state index is 12.5. The van der Waals surface area contributed by atoms with Crippen molar-refractivity contribution < 1.29 is 4.74 Å². The molecule has 4 heteroatoms. The molecule has 0 aliphatic heterocycles. The van der Waals surface area contributed by atoms with Gasteiger partial charge in [-0.05, 0) is 79.8 Å². The number of aromatic nitrogens is 1. The minimum atomic E-state index is 0.0239. The Hall–Kier alpha value is -1.82. The van der Waals surface area contributed by atoms with E-state index >= 15 is 0 Å². The molecule has 0 spiro atoms. The SMILES string of the molecule is CCOc1cccc(=O)c2c(C)n(-c3ccc(I)cc3)c(C)c12. The molecule has 0 aliphatic carbocycles. The average Bonchev–Trinajstić information content (AvgIpc) is 2.67. The summed E-state index contributed by atoms with van der Waals surface area (Å²) in [6.45, 7) is 6.55. The third kappa shape index (κ3) is 2.76. The Morgan fingerprint density at radius 2 is 1.65 bits per heavy atom. The Kier molecular flexibility index (Phi) is 4.43. The van der Waals surface area contributed by atoms with Gasteiger partial charge in [0.25, 0.3) is 0 Å². The van der Waals surface area contributed by atoms with Gasteiger partial charge in [0, 0.05) is 26.0 Å². The summed E-state index contributed by atoms with van der Waals surface area (Å²) in [5.74, 6) is 0.759. The number of benzene rings is 1. The van der Waals surface area contributed by atoms with E-state index in [1.807, 2.05) is 26.8 Å². The van der Waals surface area contributed by atoms with E-state index in [0.29, 0.717) is 6.61 Å². The minimum Gasteiger partial charge on any atom is -0.493 e. The van der Waals surface area contributed by atoms with Crippen LogP contribution in [0.2, 0.25) is 0 Å². The van der Waals surface area contributed by atoms with Crippen LogP contribution in [0.25, 0.3) is 16.5 Å². The lowest BCUT2D eigenvalue weighted by molar-refractivity contribution is 0.344. The summed E-state index contributed by atoms with van der Waals surface area (Å²) in [6.07, 6.45) is 0. The number of nitrogens with zero attached hydrogens (tertiary/aromatic N) is 1. The zero-order valence-corrected chi connectivity index (χ0v) is 15.5. The number of rotatable bonds is 3. The summed E-state index contributed by atoms with van der Waals surface area (Å²) in [5, 5.41) is 1.63. The Morgan fingerprint density at radius 3 is 2.30 bits per heavy atom. The number of halogens is 1. The van der Waals surface area contributed by atoms with E-state index in [-0.39, 0.29) is 5.43 Å². The number of fused-ring (bicyclic) bond motifs is 1. The van der Waals surface area contributed by atoms with E-state index in [0.717, 1.165) is 33.6 Å². The highest BCUT2D eigenvalue weighted by Crippen LogP contribution is 2.32. The Balaban J connectivity index is 2.42. The highest BCUT2D eigenvalue weighted by molar-refractivity contribution is 14.1. The van der Waals surface area contributed by atoms with Crippen LogP contribution in [0.15, 0.2) is 47.3 Å². The first-order chi connectivity index (χ1) is 11.0. The van der Waals surface area contributed by atoms with Crippen LogP contribution in [0, 0.1) is 17.4 Å². The summed E-state index contributed by atoms with van der Waals surface area (Å²) in [6, 6.07) is 13.5. The number of aryl methyl sites for hydroxylation is 2. The lowest BCUT2D eigenvalue weighted by atomic mass is 10.2. The van der Waals surface area contributed by atoms with Gasteiger partial charge < -0.3 is 9.30 Å². The third-order valence-corrected chi connectivity index (χ3v) is 4.74. The highest BCUT2D eigenvalue weighted by atomic mass is 127. The van der Waals surface area contributed by atoms with Gasteiger partial charge in [-0.15, -0.1) is 0 Å². The molecule has 1 heterocycles. The fraction of sp³-hybridized carbons (Fsp3) is 0.211. The quantitative estimate of drug-likeness (QED) is 0.581. The van der Waals surface area contributed by atoms with Crippen molar-refractivity contribution in [1.29, 1.82) is 0 Å². The molecule has 2 aromatic carbocycles. The second-order valence-corrected chi connectivity index (χ2v) is 6.67. The second-order valence-electron chi connectivity index (χ2n) is 5.42. The van der Waals surface area contributed by atoms with Crippen molar-refractivity contribution in [2.24, 2.45) is 0 Å². The highest BCUT2D eigenvalue weighted by Gasteiger charge is 2.17. The first-order valence-electron chi connectivity index (χ1n) is 7.58. The fourth-order valence-corrected chi connectivity index (χ4v) is 3.44. The van der Waals surface area contributed by atoms with Crippen LogP contribution in [0.1, 0.15) is 18.3 Å². The van der Waals surface area contributed by atoms with Gasteiger partial charge in [0.1, 0.15) is 5.75 Å². The minimum absolute atomic E-state index is 0.0239. The van der Waals surface area contributed by atoms with E-state index in [4.69, 9.17) is 4.74 Å². The summed E-state index contributed by atoms with van der Waals surface area (Å²) >= 11 is 2.29. The molecule has 0 aliphatic rings. The number of hydrogen-bond donors (Lipinski definition) is 0. The fourth-order valence-electron chi connectivity index (χ4n) is 3.08. The van der Waals surface area contributed by atoms with Crippen molar-refractivity contribution in [2.75, 3.05) is 6.61 Å². The Bertz CT molecular complexity index is 927. The smallest absolute Gasteiger partial charge is 0.188 e. The molecule has 3 rings (SSSR count). The summed E-state index contributed by atoms with van der Waals surface area (Å²) in [7, 11) is 0. The largest absolute Gasteiger partial charge is 0.493 e. The molecule has 1 aromatic heterocycles. The summed E-state index contributed by atoms with van der Waals surface area (Å²) in [4.78, 5) is 12.5. The van der Waals surface area contributed by atoms with Gasteiger partial charge in [0.15, 0.2) is 5.43 Å². The molecule has 0 unspecified atom stereocenters. The van der Waals surface area contributed by atoms with Gasteiger partial charge in [-0.2, -0.15) is 0 Å². The third-order valence-electron chi connectivity index (χ3n) is 4.02. The molecule has 118 valence electrons. The van der Waals surface area contributed by atoms with Crippen LogP contribution in [-0.2, 0) is 0 Å². The van der Waals surface area contributed by atoms with Gasteiger partial charge in [-0.3, -0.25) is 4.79 Å². The molecule has 0 amide bonds. The summed E-state index contributed by atoms with van der Waals surface area (Å²) in [5.41, 5.74) is 3.05. The molecule has 0 radical (unpaired) electrons. The monoisotopic (exact) mass is 419 g/mol. The maximum atomic E-state index is 12.5. The van der Waals surface area contributed by atoms with Crippen molar-refractivity contribution in [3.05, 3.63) is 67.6 Å². The van der Waals surface area contributed by atoms with Crippen LogP contribution in [0.4, 0.5) is 0 Å². The van der Waals surface area contributed by atoms with Crippen LogP contribution in [0.5, 0.6) is 5.75 Å². The van der Waals surface area contributed by atoms with E-state index in [2.05, 4.69) is 51.4 Å². The molecule has 0 bridgehead atoms. The van der Waals surface area contributed by atoms with Crippen molar-refractivity contribution in [2.45, 2.75) is 20.8 Å². The molecule has 0 saturated carbocycles. The molecular weight excluding hydrogens is 401 g/mol. The molecule has 0 fully saturated rings. The van der Waals surface area contributed by atoms with E-state index in [1.54, 1.807) is 12.1 Å². The Labute approximate surface area is 149 Å². The number of hydrogen-bond acceptors (Lipinski definition) is 2. The normalized spacial score (nSPS) is 11.0. The van der Waals surface area contributed by atoms with Gasteiger partial charge in [-0.1, -0.05) is 6.07 Å². The lowest BCUT2D eigenvalue weighted by Crippen LogP contribution is -2.01. The van der Waals surface area contributed by atoms with Gasteiger partial charge >= 0.3 is 0 Å². The molecule has 0 N–H and O–H groups in total. The zero-order chi connectivity index (χ0) is 16.6. The first-order valence-corrected chi connectivity index (χ1v) is 8.66. The Morgan fingerprint density at radius 1 is 1.00 bits per heavy atom. The summed E-state index contributed by atoms with van der Waals surface area (Å²) < 4.78 is 9.10.